The highest BCUT2D eigenvalue weighted by Gasteiger charge is 2.26. The minimum atomic E-state index is -0.436. The summed E-state index contributed by atoms with van der Waals surface area (Å²) in [5, 5.41) is 4.15. The summed E-state index contributed by atoms with van der Waals surface area (Å²) in [5.74, 6) is -1.08. The van der Waals surface area contributed by atoms with Crippen molar-refractivity contribution in [2.24, 2.45) is 11.1 Å². The number of piperidine rings is 1. The number of rotatable bonds is 9. The number of benzene rings is 2. The fourth-order valence-corrected chi connectivity index (χ4v) is 3.70. The van der Waals surface area contributed by atoms with E-state index in [4.69, 9.17) is 9.57 Å². The summed E-state index contributed by atoms with van der Waals surface area (Å²) in [6, 6.07) is 12.6. The molecule has 31 heavy (non-hydrogen) atoms. The Kier molecular flexibility index (Phi) is 8.53. The molecule has 0 bridgehead atoms. The highest BCUT2D eigenvalue weighted by molar-refractivity contribution is 6.01. The number of oxime groups is 1. The maximum Gasteiger partial charge on any atom is 0.310 e. The molecular weight excluding hydrogens is 402 g/mol. The molecule has 1 saturated heterocycles. The van der Waals surface area contributed by atoms with E-state index in [-0.39, 0.29) is 36.3 Å². The second-order valence-electron chi connectivity index (χ2n) is 7.51. The van der Waals surface area contributed by atoms with Gasteiger partial charge in [0.25, 0.3) is 0 Å². The van der Waals surface area contributed by atoms with Crippen molar-refractivity contribution >= 4 is 11.7 Å². The van der Waals surface area contributed by atoms with Gasteiger partial charge in [-0.15, -0.1) is 0 Å². The lowest BCUT2D eigenvalue weighted by Gasteiger charge is -2.30. The van der Waals surface area contributed by atoms with Crippen LogP contribution in [0, 0.1) is 17.6 Å². The lowest BCUT2D eigenvalue weighted by atomic mass is 9.98. The van der Waals surface area contributed by atoms with E-state index >= 15 is 0 Å². The Morgan fingerprint density at radius 3 is 2.61 bits per heavy atom. The number of nitrogens with zero attached hydrogens (tertiary/aromatic N) is 2. The first-order valence-electron chi connectivity index (χ1n) is 10.6. The zero-order chi connectivity index (χ0) is 22.1. The van der Waals surface area contributed by atoms with Crippen LogP contribution in [0.2, 0.25) is 0 Å². The Hall–Kier alpha value is -2.80. The summed E-state index contributed by atoms with van der Waals surface area (Å²) in [5.41, 5.74) is 1.03. The standard InChI is InChI=1S/C24H28F2N2O3/c1-2-30-24(29)19-9-7-13-28(17-19)14-15-31-27-23(20-10-4-6-12-22(20)26)16-18-8-3-5-11-21(18)25/h3-6,8,10-12,19H,2,7,9,13-17H2,1H3/b27-23-/t19-/m1/s1. The van der Waals surface area contributed by atoms with Crippen LogP contribution < -0.4 is 0 Å². The highest BCUT2D eigenvalue weighted by Crippen LogP contribution is 2.18. The van der Waals surface area contributed by atoms with Crippen LogP contribution in [0.1, 0.15) is 30.9 Å². The first kappa shape index (κ1) is 22.9. The summed E-state index contributed by atoms with van der Waals surface area (Å²) >= 11 is 0. The van der Waals surface area contributed by atoms with Crippen LogP contribution in [0.3, 0.4) is 0 Å². The van der Waals surface area contributed by atoms with Gasteiger partial charge in [0, 0.05) is 25.1 Å². The average Bonchev–Trinajstić information content (AvgIpc) is 2.78. The van der Waals surface area contributed by atoms with E-state index in [0.717, 1.165) is 19.4 Å². The molecule has 2 aromatic rings. The number of ether oxygens (including phenoxy) is 1. The van der Waals surface area contributed by atoms with Crippen LogP contribution in [0.25, 0.3) is 0 Å². The largest absolute Gasteiger partial charge is 0.466 e. The molecule has 2 aromatic carbocycles. The fourth-order valence-electron chi connectivity index (χ4n) is 3.70. The fraction of sp³-hybridized carbons (Fsp3) is 0.417. The number of halogens is 2. The monoisotopic (exact) mass is 430 g/mol. The van der Waals surface area contributed by atoms with E-state index in [1.807, 2.05) is 0 Å². The Morgan fingerprint density at radius 1 is 1.13 bits per heavy atom. The number of likely N-dealkylation sites (tertiary alicyclic amines) is 1. The summed E-state index contributed by atoms with van der Waals surface area (Å²) < 4.78 is 33.6. The molecule has 0 aliphatic carbocycles. The van der Waals surface area contributed by atoms with Gasteiger partial charge in [0.05, 0.1) is 18.2 Å². The van der Waals surface area contributed by atoms with Crippen molar-refractivity contribution in [3.8, 4) is 0 Å². The topological polar surface area (TPSA) is 51.1 Å². The molecule has 1 aliphatic rings. The normalized spacial score (nSPS) is 17.4. The van der Waals surface area contributed by atoms with Gasteiger partial charge in [-0.25, -0.2) is 8.78 Å². The summed E-state index contributed by atoms with van der Waals surface area (Å²) in [6.07, 6.45) is 1.86. The Labute approximate surface area is 181 Å². The van der Waals surface area contributed by atoms with Gasteiger partial charge in [0.2, 0.25) is 0 Å². The summed E-state index contributed by atoms with van der Waals surface area (Å²) in [7, 11) is 0. The first-order chi connectivity index (χ1) is 15.1. The highest BCUT2D eigenvalue weighted by atomic mass is 19.1. The van der Waals surface area contributed by atoms with Crippen LogP contribution in [-0.2, 0) is 20.8 Å². The van der Waals surface area contributed by atoms with Crippen molar-refractivity contribution in [2.75, 3.05) is 32.8 Å². The molecule has 1 heterocycles. The second-order valence-corrected chi connectivity index (χ2v) is 7.51. The molecule has 0 amide bonds. The minimum absolute atomic E-state index is 0.113. The van der Waals surface area contributed by atoms with Crippen LogP contribution >= 0.6 is 0 Å². The van der Waals surface area contributed by atoms with E-state index in [1.165, 1.54) is 12.1 Å². The van der Waals surface area contributed by atoms with Crippen molar-refractivity contribution < 1.29 is 23.1 Å². The molecule has 1 fully saturated rings. The van der Waals surface area contributed by atoms with Gasteiger partial charge >= 0.3 is 5.97 Å². The van der Waals surface area contributed by atoms with Crippen LogP contribution in [-0.4, -0.2) is 49.4 Å². The third-order valence-corrected chi connectivity index (χ3v) is 5.30. The van der Waals surface area contributed by atoms with Crippen LogP contribution in [0.4, 0.5) is 8.78 Å². The van der Waals surface area contributed by atoms with Crippen LogP contribution in [0.5, 0.6) is 0 Å². The van der Waals surface area contributed by atoms with Crippen molar-refractivity contribution in [1.29, 1.82) is 0 Å². The van der Waals surface area contributed by atoms with Crippen LogP contribution in [0.15, 0.2) is 53.7 Å². The Morgan fingerprint density at radius 2 is 1.87 bits per heavy atom. The zero-order valence-electron chi connectivity index (χ0n) is 17.7. The van der Waals surface area contributed by atoms with E-state index in [0.29, 0.717) is 31.0 Å². The quantitative estimate of drug-likeness (QED) is 0.259. The molecule has 0 radical (unpaired) electrons. The molecule has 0 spiro atoms. The predicted molar refractivity (Wildman–Crippen MR) is 115 cm³/mol. The molecule has 0 saturated carbocycles. The Bertz CT molecular complexity index is 904. The minimum Gasteiger partial charge on any atom is -0.466 e. The van der Waals surface area contributed by atoms with E-state index in [2.05, 4.69) is 10.1 Å². The molecule has 166 valence electrons. The number of esters is 1. The maximum atomic E-state index is 14.3. The number of carbonyl (C=O) groups is 1. The van der Waals surface area contributed by atoms with Gasteiger partial charge < -0.3 is 9.57 Å². The first-order valence-corrected chi connectivity index (χ1v) is 10.6. The lowest BCUT2D eigenvalue weighted by molar-refractivity contribution is -0.150. The van der Waals surface area contributed by atoms with Crippen molar-refractivity contribution in [1.82, 2.24) is 4.90 Å². The summed E-state index contributed by atoms with van der Waals surface area (Å²) in [4.78, 5) is 19.6. The van der Waals surface area contributed by atoms with Gasteiger partial charge in [-0.3, -0.25) is 9.69 Å². The number of carbonyl (C=O) groups excluding carboxylic acids is 1. The van der Waals surface area contributed by atoms with Gasteiger partial charge in [-0.05, 0) is 44.0 Å². The molecule has 1 atom stereocenters. The van der Waals surface area contributed by atoms with Crippen molar-refractivity contribution in [3.63, 3.8) is 0 Å². The summed E-state index contributed by atoms with van der Waals surface area (Å²) in [6.45, 7) is 4.56. The Balaban J connectivity index is 1.62. The van der Waals surface area contributed by atoms with Crippen molar-refractivity contribution in [3.05, 3.63) is 71.3 Å². The molecular formula is C24H28F2N2O3. The van der Waals surface area contributed by atoms with E-state index < -0.39 is 5.82 Å². The molecule has 0 aromatic heterocycles. The molecule has 1 aliphatic heterocycles. The van der Waals surface area contributed by atoms with E-state index in [9.17, 15) is 13.6 Å². The zero-order valence-corrected chi connectivity index (χ0v) is 17.7. The number of hydrogen-bond acceptors (Lipinski definition) is 5. The lowest BCUT2D eigenvalue weighted by Crippen LogP contribution is -2.40. The SMILES string of the molecule is CCOC(=O)[C@@H]1CCCN(CCO/N=C(/Cc2ccccc2F)c2ccccc2F)C1. The van der Waals surface area contributed by atoms with Gasteiger partial charge in [-0.1, -0.05) is 41.6 Å². The predicted octanol–water partition coefficient (Wildman–Crippen LogP) is 4.20. The average molecular weight is 430 g/mol. The molecule has 0 unspecified atom stereocenters. The van der Waals surface area contributed by atoms with Crippen molar-refractivity contribution in [2.45, 2.75) is 26.2 Å². The second kappa shape index (κ2) is 11.6. The molecule has 3 rings (SSSR count). The third kappa shape index (κ3) is 6.59. The maximum absolute atomic E-state index is 14.3. The van der Waals surface area contributed by atoms with E-state index in [1.54, 1.807) is 43.3 Å². The molecule has 5 nitrogen and oxygen atoms in total. The van der Waals surface area contributed by atoms with Gasteiger partial charge in [0.15, 0.2) is 0 Å². The smallest absolute Gasteiger partial charge is 0.310 e. The van der Waals surface area contributed by atoms with Gasteiger partial charge in [0.1, 0.15) is 18.2 Å². The molecule has 7 heteroatoms. The third-order valence-electron chi connectivity index (χ3n) is 5.30. The molecule has 0 N–H and O–H groups in total. The number of hydrogen-bond donors (Lipinski definition) is 0. The van der Waals surface area contributed by atoms with Gasteiger partial charge in [-0.2, -0.15) is 0 Å².